The summed E-state index contributed by atoms with van der Waals surface area (Å²) in [5.74, 6) is 1.42. The van der Waals surface area contributed by atoms with Crippen LogP contribution in [0, 0.1) is 5.92 Å². The fraction of sp³-hybridized carbons (Fsp3) is 0.206. The molecule has 1 unspecified atom stereocenters. The molecule has 0 radical (unpaired) electrons. The molecule has 1 atom stereocenters. The van der Waals surface area contributed by atoms with E-state index in [0.717, 1.165) is 22.8 Å². The quantitative estimate of drug-likeness (QED) is 0.217. The van der Waals surface area contributed by atoms with Gasteiger partial charge in [0.05, 0.1) is 23.3 Å². The highest BCUT2D eigenvalue weighted by Gasteiger charge is 2.21. The highest BCUT2D eigenvalue weighted by Crippen LogP contribution is 2.35. The van der Waals surface area contributed by atoms with Crippen LogP contribution < -0.4 is 10.6 Å². The first-order valence-electron chi connectivity index (χ1n) is 13.2. The molecule has 0 bridgehead atoms. The summed E-state index contributed by atoms with van der Waals surface area (Å²) in [7, 11) is 0. The third kappa shape index (κ3) is 5.51. The number of hydrogen-bond acceptors (Lipinski definition) is 3. The predicted molar refractivity (Wildman–Crippen MR) is 157 cm³/mol. The Hall–Kier alpha value is -4.11. The van der Waals surface area contributed by atoms with E-state index in [9.17, 15) is 0 Å². The maximum absolute atomic E-state index is 5.20. The van der Waals surface area contributed by atoms with Crippen molar-refractivity contribution >= 4 is 21.5 Å². The zero-order chi connectivity index (χ0) is 25.8. The van der Waals surface area contributed by atoms with E-state index in [1.54, 1.807) is 0 Å². The molecule has 37 heavy (non-hydrogen) atoms. The van der Waals surface area contributed by atoms with Crippen LogP contribution in [0.15, 0.2) is 115 Å². The van der Waals surface area contributed by atoms with Gasteiger partial charge in [0.25, 0.3) is 0 Å². The lowest BCUT2D eigenvalue weighted by atomic mass is 9.91. The predicted octanol–water partition coefficient (Wildman–Crippen LogP) is 8.23. The van der Waals surface area contributed by atoms with Crippen molar-refractivity contribution in [3.8, 4) is 11.3 Å². The van der Waals surface area contributed by atoms with Crippen LogP contribution in [-0.4, -0.2) is 11.0 Å². The Morgan fingerprint density at radius 3 is 2.08 bits per heavy atom. The molecule has 0 aliphatic rings. The number of fused-ring (bicyclic) bond motifs is 3. The Morgan fingerprint density at radius 1 is 0.676 bits per heavy atom. The Kier molecular flexibility index (Phi) is 7.23. The van der Waals surface area contributed by atoms with Crippen LogP contribution in [0.2, 0.25) is 0 Å². The molecule has 0 saturated heterocycles. The fourth-order valence-corrected chi connectivity index (χ4v) is 4.95. The number of rotatable bonds is 8. The molecule has 3 heteroatoms. The van der Waals surface area contributed by atoms with E-state index in [1.807, 2.05) is 6.07 Å². The van der Waals surface area contributed by atoms with Gasteiger partial charge in [-0.3, -0.25) is 4.98 Å². The van der Waals surface area contributed by atoms with Crippen LogP contribution in [-0.2, 0) is 0 Å². The molecule has 0 fully saturated rings. The van der Waals surface area contributed by atoms with E-state index < -0.39 is 0 Å². The number of aromatic nitrogens is 1. The molecular formula is C34H35N3. The van der Waals surface area contributed by atoms with Crippen molar-refractivity contribution in [1.82, 2.24) is 15.6 Å². The van der Waals surface area contributed by atoms with Gasteiger partial charge in [-0.15, -0.1) is 0 Å². The molecule has 4 aromatic carbocycles. The number of allylic oxidation sites excluding steroid dienone is 1. The molecule has 0 aliphatic heterocycles. The van der Waals surface area contributed by atoms with Crippen molar-refractivity contribution < 1.29 is 0 Å². The average Bonchev–Trinajstić information content (AvgIpc) is 2.91. The summed E-state index contributed by atoms with van der Waals surface area (Å²) in [5.41, 5.74) is 4.29. The van der Waals surface area contributed by atoms with E-state index in [2.05, 4.69) is 141 Å². The summed E-state index contributed by atoms with van der Waals surface area (Å²) in [6.45, 7) is 8.76. The first-order chi connectivity index (χ1) is 18.0. The minimum atomic E-state index is -0.144. The molecule has 1 heterocycles. The van der Waals surface area contributed by atoms with Gasteiger partial charge in [0.15, 0.2) is 0 Å². The lowest BCUT2D eigenvalue weighted by Gasteiger charge is -2.27. The summed E-state index contributed by atoms with van der Waals surface area (Å²) in [6, 6.07) is 36.6. The normalized spacial score (nSPS) is 12.9. The second-order valence-electron chi connectivity index (χ2n) is 10.2. The first-order valence-corrected chi connectivity index (χ1v) is 13.2. The average molecular weight is 486 g/mol. The summed E-state index contributed by atoms with van der Waals surface area (Å²) in [5, 5.41) is 12.5. The molecular weight excluding hydrogens is 450 g/mol. The van der Waals surface area contributed by atoms with Gasteiger partial charge in [0.2, 0.25) is 0 Å². The van der Waals surface area contributed by atoms with Crippen molar-refractivity contribution in [2.45, 2.75) is 39.8 Å². The van der Waals surface area contributed by atoms with E-state index in [4.69, 9.17) is 4.98 Å². The number of benzene rings is 4. The minimum absolute atomic E-state index is 0.144. The van der Waals surface area contributed by atoms with E-state index in [1.165, 1.54) is 27.1 Å². The lowest BCUT2D eigenvalue weighted by molar-refractivity contribution is 0.560. The van der Waals surface area contributed by atoms with E-state index >= 15 is 0 Å². The molecule has 0 spiro atoms. The van der Waals surface area contributed by atoms with Gasteiger partial charge in [-0.05, 0) is 71.1 Å². The number of nitrogens with one attached hydrogen (secondary N) is 2. The lowest BCUT2D eigenvalue weighted by Crippen LogP contribution is -2.35. The van der Waals surface area contributed by atoms with Gasteiger partial charge in [-0.1, -0.05) is 98.8 Å². The van der Waals surface area contributed by atoms with Gasteiger partial charge >= 0.3 is 0 Å². The number of hydrogen-bond donors (Lipinski definition) is 2. The Bertz CT molecular complexity index is 1530. The van der Waals surface area contributed by atoms with Gasteiger partial charge in [0, 0.05) is 11.6 Å². The number of nitrogens with zero attached hydrogens (tertiary/aromatic N) is 1. The third-order valence-electron chi connectivity index (χ3n) is 6.49. The van der Waals surface area contributed by atoms with Gasteiger partial charge in [0.1, 0.15) is 0 Å². The fourth-order valence-electron chi connectivity index (χ4n) is 4.95. The zero-order valence-electron chi connectivity index (χ0n) is 22.1. The molecule has 0 aliphatic carbocycles. The molecule has 186 valence electrons. The smallest absolute Gasteiger partial charge is 0.0958 e. The van der Waals surface area contributed by atoms with E-state index in [0.29, 0.717) is 12.0 Å². The monoisotopic (exact) mass is 485 g/mol. The standard InChI is InChI=1S/C34H35N3/c1-23(2)21-33(35-24(3)4)37-34(32-20-12-19-31(36-32)25-13-6-5-7-14-25)30-22-26-15-8-9-16-27(26)28-17-10-11-18-29(28)30/h5-24,34-35,37H,1-4H3/b33-21-. The largest absolute Gasteiger partial charge is 0.370 e. The SMILES string of the molecule is CC(C)/C=C(/NC(C)C)NC(c1cccc(-c2ccccc2)n1)c1cc2ccccc2c2ccccc12. The molecule has 0 amide bonds. The summed E-state index contributed by atoms with van der Waals surface area (Å²) in [4.78, 5) is 5.20. The van der Waals surface area contributed by atoms with Crippen molar-refractivity contribution in [2.75, 3.05) is 0 Å². The Labute approximate surface area is 220 Å². The first kappa shape index (κ1) is 24.6. The molecule has 2 N–H and O–H groups in total. The zero-order valence-corrected chi connectivity index (χ0v) is 22.1. The second kappa shape index (κ2) is 10.9. The highest BCUT2D eigenvalue weighted by molar-refractivity contribution is 6.09. The minimum Gasteiger partial charge on any atom is -0.370 e. The van der Waals surface area contributed by atoms with Crippen LogP contribution in [0.3, 0.4) is 0 Å². The molecule has 5 rings (SSSR count). The Balaban J connectivity index is 1.73. The van der Waals surface area contributed by atoms with Crippen molar-refractivity contribution in [2.24, 2.45) is 5.92 Å². The molecule has 1 aromatic heterocycles. The maximum Gasteiger partial charge on any atom is 0.0958 e. The molecule has 0 saturated carbocycles. The molecule has 5 aromatic rings. The van der Waals surface area contributed by atoms with Crippen molar-refractivity contribution in [3.05, 3.63) is 126 Å². The van der Waals surface area contributed by atoms with Crippen molar-refractivity contribution in [3.63, 3.8) is 0 Å². The van der Waals surface area contributed by atoms with E-state index in [-0.39, 0.29) is 6.04 Å². The number of pyridine rings is 1. The second-order valence-corrected chi connectivity index (χ2v) is 10.2. The van der Waals surface area contributed by atoms with Crippen molar-refractivity contribution in [1.29, 1.82) is 0 Å². The van der Waals surface area contributed by atoms with Crippen LogP contribution >= 0.6 is 0 Å². The van der Waals surface area contributed by atoms with Crippen LogP contribution in [0.25, 0.3) is 32.8 Å². The van der Waals surface area contributed by atoms with Gasteiger partial charge < -0.3 is 10.6 Å². The highest BCUT2D eigenvalue weighted by atomic mass is 15.1. The molecule has 3 nitrogen and oxygen atoms in total. The van der Waals surface area contributed by atoms with Crippen LogP contribution in [0.5, 0.6) is 0 Å². The topological polar surface area (TPSA) is 37.0 Å². The third-order valence-corrected chi connectivity index (χ3v) is 6.49. The maximum atomic E-state index is 5.20. The summed E-state index contributed by atoms with van der Waals surface area (Å²) >= 11 is 0. The van der Waals surface area contributed by atoms with Gasteiger partial charge in [-0.2, -0.15) is 0 Å². The Morgan fingerprint density at radius 2 is 1.35 bits per heavy atom. The summed E-state index contributed by atoms with van der Waals surface area (Å²) in [6.07, 6.45) is 2.26. The van der Waals surface area contributed by atoms with Crippen LogP contribution in [0.1, 0.15) is 45.0 Å². The van der Waals surface area contributed by atoms with Gasteiger partial charge in [-0.25, -0.2) is 0 Å². The summed E-state index contributed by atoms with van der Waals surface area (Å²) < 4.78 is 0. The van der Waals surface area contributed by atoms with Crippen LogP contribution in [0.4, 0.5) is 0 Å².